The van der Waals surface area contributed by atoms with E-state index in [4.69, 9.17) is 4.74 Å². The summed E-state index contributed by atoms with van der Waals surface area (Å²) in [7, 11) is 0. The Bertz CT molecular complexity index is 850. The number of benzene rings is 2. The molecule has 2 atom stereocenters. The number of anilines is 1. The maximum Gasteiger partial charge on any atom is 0.340 e. The van der Waals surface area contributed by atoms with Gasteiger partial charge in [-0.05, 0) is 30.2 Å². The molecule has 0 aromatic heterocycles. The van der Waals surface area contributed by atoms with Crippen LogP contribution in [0.15, 0.2) is 48.5 Å². The standard InChI is InChI=1S/C19H18N2O5/c1-2-26-19(23)14-10-13(12-6-4-3-5-7-12)8-9-16(14)20-18(22)15-11-17(15)21(24)25/h3-10,15,17H,2,11H2,1H3,(H,20,22). The zero-order valence-electron chi connectivity index (χ0n) is 14.2. The van der Waals surface area contributed by atoms with Crippen LogP contribution < -0.4 is 5.32 Å². The molecule has 1 N–H and O–H groups in total. The molecular weight excluding hydrogens is 336 g/mol. The van der Waals surface area contributed by atoms with Crippen molar-refractivity contribution in [2.45, 2.75) is 19.4 Å². The number of nitrogens with one attached hydrogen (secondary N) is 1. The first-order valence-corrected chi connectivity index (χ1v) is 8.32. The van der Waals surface area contributed by atoms with E-state index in [1.165, 1.54) is 0 Å². The van der Waals surface area contributed by atoms with Crippen molar-refractivity contribution < 1.29 is 19.2 Å². The number of carbonyl (C=O) groups excluding carboxylic acids is 2. The fourth-order valence-corrected chi connectivity index (χ4v) is 2.76. The Kier molecular flexibility index (Phi) is 4.97. The van der Waals surface area contributed by atoms with Gasteiger partial charge in [-0.1, -0.05) is 36.4 Å². The molecule has 0 spiro atoms. The Hall–Kier alpha value is -3.22. The van der Waals surface area contributed by atoms with Gasteiger partial charge in [-0.2, -0.15) is 0 Å². The average Bonchev–Trinajstić information content (AvgIpc) is 3.44. The molecule has 0 radical (unpaired) electrons. The Labute approximate surface area is 150 Å². The first kappa shape index (κ1) is 17.6. The van der Waals surface area contributed by atoms with E-state index >= 15 is 0 Å². The fraction of sp³-hybridized carbons (Fsp3) is 0.263. The summed E-state index contributed by atoms with van der Waals surface area (Å²) in [6.07, 6.45) is 0.218. The number of amides is 1. The SMILES string of the molecule is CCOC(=O)c1cc(-c2ccccc2)ccc1NC(=O)C1CC1[N+](=O)[O-]. The molecule has 1 amide bonds. The van der Waals surface area contributed by atoms with Gasteiger partial charge in [-0.25, -0.2) is 4.79 Å². The highest BCUT2D eigenvalue weighted by Gasteiger charge is 2.53. The number of rotatable bonds is 6. The largest absolute Gasteiger partial charge is 0.462 e. The van der Waals surface area contributed by atoms with Crippen LogP contribution in [0.2, 0.25) is 0 Å². The molecule has 2 aromatic carbocycles. The molecule has 0 aliphatic heterocycles. The van der Waals surface area contributed by atoms with Gasteiger partial charge in [0.25, 0.3) is 0 Å². The first-order chi connectivity index (χ1) is 12.5. The van der Waals surface area contributed by atoms with Crippen molar-refractivity contribution in [3.63, 3.8) is 0 Å². The van der Waals surface area contributed by atoms with Crippen LogP contribution in [0.5, 0.6) is 0 Å². The summed E-state index contributed by atoms with van der Waals surface area (Å²) in [6, 6.07) is 13.7. The fourth-order valence-electron chi connectivity index (χ4n) is 2.76. The number of esters is 1. The van der Waals surface area contributed by atoms with Gasteiger partial charge >= 0.3 is 5.97 Å². The van der Waals surface area contributed by atoms with E-state index in [1.54, 1.807) is 25.1 Å². The van der Waals surface area contributed by atoms with E-state index in [0.29, 0.717) is 5.69 Å². The number of carbonyl (C=O) groups is 2. The van der Waals surface area contributed by atoms with Gasteiger partial charge in [-0.3, -0.25) is 14.9 Å². The van der Waals surface area contributed by atoms with Gasteiger partial charge < -0.3 is 10.1 Å². The minimum Gasteiger partial charge on any atom is -0.462 e. The molecule has 1 aliphatic rings. The molecule has 1 aliphatic carbocycles. The van der Waals surface area contributed by atoms with Gasteiger partial charge in [0.1, 0.15) is 5.92 Å². The third kappa shape index (κ3) is 3.72. The second kappa shape index (κ2) is 7.35. The highest BCUT2D eigenvalue weighted by Crippen LogP contribution is 2.35. The molecule has 1 saturated carbocycles. The molecule has 2 aromatic rings. The van der Waals surface area contributed by atoms with Crippen LogP contribution in [0.25, 0.3) is 11.1 Å². The molecule has 0 heterocycles. The van der Waals surface area contributed by atoms with Crippen molar-refractivity contribution in [3.8, 4) is 11.1 Å². The molecule has 2 unspecified atom stereocenters. The van der Waals surface area contributed by atoms with E-state index in [2.05, 4.69) is 5.32 Å². The minimum absolute atomic E-state index is 0.202. The van der Waals surface area contributed by atoms with Gasteiger partial charge in [0.15, 0.2) is 0 Å². The van der Waals surface area contributed by atoms with Gasteiger partial charge in [0.05, 0.1) is 17.9 Å². The average molecular weight is 354 g/mol. The second-order valence-corrected chi connectivity index (χ2v) is 6.03. The lowest BCUT2D eigenvalue weighted by Gasteiger charge is -2.12. The summed E-state index contributed by atoms with van der Waals surface area (Å²) in [5, 5.41) is 13.4. The van der Waals surface area contributed by atoms with E-state index < -0.39 is 28.8 Å². The topological polar surface area (TPSA) is 98.5 Å². The van der Waals surface area contributed by atoms with E-state index in [9.17, 15) is 19.7 Å². The third-order valence-electron chi connectivity index (χ3n) is 4.24. The second-order valence-electron chi connectivity index (χ2n) is 6.03. The molecule has 7 heteroatoms. The summed E-state index contributed by atoms with van der Waals surface area (Å²) >= 11 is 0. The quantitative estimate of drug-likeness (QED) is 0.488. The van der Waals surface area contributed by atoms with E-state index in [1.807, 2.05) is 30.3 Å². The number of nitro groups is 1. The Morgan fingerprint density at radius 1 is 1.19 bits per heavy atom. The van der Waals surface area contributed by atoms with Crippen LogP contribution in [-0.4, -0.2) is 29.4 Å². The zero-order chi connectivity index (χ0) is 18.7. The lowest BCUT2D eigenvalue weighted by molar-refractivity contribution is -0.497. The molecule has 0 bridgehead atoms. The molecule has 0 saturated heterocycles. The minimum atomic E-state index is -0.843. The van der Waals surface area contributed by atoms with Gasteiger partial charge in [-0.15, -0.1) is 0 Å². The molecular formula is C19H18N2O5. The molecule has 26 heavy (non-hydrogen) atoms. The maximum absolute atomic E-state index is 12.3. The van der Waals surface area contributed by atoms with Crippen LogP contribution in [-0.2, 0) is 9.53 Å². The highest BCUT2D eigenvalue weighted by molar-refractivity contribution is 6.03. The summed E-state index contributed by atoms with van der Waals surface area (Å²) < 4.78 is 5.08. The zero-order valence-corrected chi connectivity index (χ0v) is 14.2. The molecule has 7 nitrogen and oxygen atoms in total. The first-order valence-electron chi connectivity index (χ1n) is 8.32. The summed E-state index contributed by atoms with van der Waals surface area (Å²) in [6.45, 7) is 1.90. The van der Waals surface area contributed by atoms with E-state index in [0.717, 1.165) is 11.1 Å². The van der Waals surface area contributed by atoms with Crippen LogP contribution in [0.3, 0.4) is 0 Å². The molecule has 1 fully saturated rings. The number of hydrogen-bond donors (Lipinski definition) is 1. The number of hydrogen-bond acceptors (Lipinski definition) is 5. The Morgan fingerprint density at radius 3 is 2.54 bits per heavy atom. The smallest absolute Gasteiger partial charge is 0.340 e. The van der Waals surface area contributed by atoms with Crippen LogP contribution in [0, 0.1) is 16.0 Å². The number of ether oxygens (including phenoxy) is 1. The third-order valence-corrected chi connectivity index (χ3v) is 4.24. The van der Waals surface area contributed by atoms with Crippen molar-refractivity contribution in [2.24, 2.45) is 5.92 Å². The Morgan fingerprint density at radius 2 is 1.92 bits per heavy atom. The summed E-state index contributed by atoms with van der Waals surface area (Å²) in [5.74, 6) is -1.67. The van der Waals surface area contributed by atoms with Gasteiger partial charge in [0.2, 0.25) is 11.9 Å². The van der Waals surface area contributed by atoms with Crippen molar-refractivity contribution in [1.82, 2.24) is 0 Å². The van der Waals surface area contributed by atoms with Gasteiger partial charge in [0, 0.05) is 11.3 Å². The molecule has 134 valence electrons. The predicted molar refractivity (Wildman–Crippen MR) is 95.4 cm³/mol. The predicted octanol–water partition coefficient (Wildman–Crippen LogP) is 3.13. The Balaban J connectivity index is 1.88. The van der Waals surface area contributed by atoms with Crippen molar-refractivity contribution in [3.05, 3.63) is 64.2 Å². The highest BCUT2D eigenvalue weighted by atomic mass is 16.6. The monoisotopic (exact) mass is 354 g/mol. The summed E-state index contributed by atoms with van der Waals surface area (Å²) in [4.78, 5) is 34.8. The van der Waals surface area contributed by atoms with E-state index in [-0.39, 0.29) is 18.6 Å². The molecule has 3 rings (SSSR count). The van der Waals surface area contributed by atoms with Crippen molar-refractivity contribution in [1.29, 1.82) is 0 Å². The maximum atomic E-state index is 12.3. The van der Waals surface area contributed by atoms with Crippen LogP contribution >= 0.6 is 0 Å². The normalized spacial score (nSPS) is 18.0. The van der Waals surface area contributed by atoms with Crippen LogP contribution in [0.4, 0.5) is 5.69 Å². The van der Waals surface area contributed by atoms with Crippen molar-refractivity contribution in [2.75, 3.05) is 11.9 Å². The number of nitrogens with zero attached hydrogens (tertiary/aromatic N) is 1. The lowest BCUT2D eigenvalue weighted by Crippen LogP contribution is -2.20. The lowest BCUT2D eigenvalue weighted by atomic mass is 10.0. The van der Waals surface area contributed by atoms with Crippen LogP contribution in [0.1, 0.15) is 23.7 Å². The van der Waals surface area contributed by atoms with Crippen molar-refractivity contribution >= 4 is 17.6 Å². The summed E-state index contributed by atoms with van der Waals surface area (Å²) in [5.41, 5.74) is 2.25.